The van der Waals surface area contributed by atoms with Crippen LogP contribution < -0.4 is 5.73 Å². The predicted molar refractivity (Wildman–Crippen MR) is 78.5 cm³/mol. The third-order valence-electron chi connectivity index (χ3n) is 3.53. The average molecular weight is 296 g/mol. The van der Waals surface area contributed by atoms with Crippen LogP contribution in [-0.2, 0) is 33.7 Å². The Bertz CT molecular complexity index is 525. The summed E-state index contributed by atoms with van der Waals surface area (Å²) in [6.45, 7) is 5.16. The van der Waals surface area contributed by atoms with Gasteiger partial charge in [-0.05, 0) is 30.9 Å². The molecule has 2 heterocycles. The van der Waals surface area contributed by atoms with Crippen LogP contribution in [0.3, 0.4) is 0 Å². The van der Waals surface area contributed by atoms with Gasteiger partial charge in [0.2, 0.25) is 5.91 Å². The molecule has 0 unspecified atom stereocenters. The molecule has 0 saturated carbocycles. The Morgan fingerprint density at radius 1 is 1.45 bits per heavy atom. The Balaban J connectivity index is 2.09. The number of fused-ring (bicyclic) bond motifs is 1. The number of nitrogens with zero attached hydrogens (tertiary/aromatic N) is 1. The van der Waals surface area contributed by atoms with Crippen LogP contribution >= 0.6 is 11.3 Å². The summed E-state index contributed by atoms with van der Waals surface area (Å²) in [5.41, 5.74) is 8.37. The molecule has 1 aliphatic rings. The fourth-order valence-corrected chi connectivity index (χ4v) is 3.68. The zero-order valence-electron chi connectivity index (χ0n) is 11.9. The van der Waals surface area contributed by atoms with E-state index in [1.54, 1.807) is 13.8 Å². The van der Waals surface area contributed by atoms with Crippen LogP contribution in [0.4, 0.5) is 5.00 Å². The van der Waals surface area contributed by atoms with Crippen molar-refractivity contribution in [2.75, 3.05) is 18.9 Å². The number of rotatable bonds is 4. The van der Waals surface area contributed by atoms with Crippen molar-refractivity contribution in [2.24, 2.45) is 0 Å². The Morgan fingerprint density at radius 3 is 2.85 bits per heavy atom. The van der Waals surface area contributed by atoms with E-state index in [0.717, 1.165) is 28.4 Å². The van der Waals surface area contributed by atoms with Crippen LogP contribution in [0.15, 0.2) is 0 Å². The summed E-state index contributed by atoms with van der Waals surface area (Å²) in [6, 6.07) is 0. The zero-order valence-corrected chi connectivity index (χ0v) is 12.7. The minimum Gasteiger partial charge on any atom is -0.466 e. The minimum absolute atomic E-state index is 0.0932. The van der Waals surface area contributed by atoms with Crippen LogP contribution in [0.25, 0.3) is 0 Å². The molecule has 0 bridgehead atoms. The molecule has 2 N–H and O–H groups in total. The van der Waals surface area contributed by atoms with E-state index in [2.05, 4.69) is 0 Å². The molecule has 0 fully saturated rings. The van der Waals surface area contributed by atoms with Crippen molar-refractivity contribution in [3.8, 4) is 0 Å². The van der Waals surface area contributed by atoms with E-state index < -0.39 is 0 Å². The average Bonchev–Trinajstić information content (AvgIpc) is 2.71. The number of nitrogens with two attached hydrogens (primary N) is 1. The second kappa shape index (κ2) is 6.26. The maximum Gasteiger partial charge on any atom is 0.306 e. The molecule has 1 aliphatic heterocycles. The highest BCUT2D eigenvalue weighted by Gasteiger charge is 2.24. The first-order chi connectivity index (χ1) is 9.52. The van der Waals surface area contributed by atoms with Gasteiger partial charge in [-0.3, -0.25) is 9.59 Å². The smallest absolute Gasteiger partial charge is 0.306 e. The highest BCUT2D eigenvalue weighted by atomic mass is 32.1. The van der Waals surface area contributed by atoms with Crippen LogP contribution in [-0.4, -0.2) is 29.9 Å². The van der Waals surface area contributed by atoms with Crippen molar-refractivity contribution in [3.05, 3.63) is 16.0 Å². The Labute approximate surface area is 122 Å². The normalized spacial score (nSPS) is 14.0. The monoisotopic (exact) mass is 296 g/mol. The van der Waals surface area contributed by atoms with Crippen molar-refractivity contribution < 1.29 is 14.3 Å². The molecule has 110 valence electrons. The quantitative estimate of drug-likeness (QED) is 0.859. The lowest BCUT2D eigenvalue weighted by Gasteiger charge is -2.26. The van der Waals surface area contributed by atoms with Crippen molar-refractivity contribution in [3.63, 3.8) is 0 Å². The molecule has 1 aromatic heterocycles. The molecule has 6 heteroatoms. The van der Waals surface area contributed by atoms with Gasteiger partial charge < -0.3 is 15.4 Å². The molecule has 1 aromatic rings. The molecule has 1 amide bonds. The van der Waals surface area contributed by atoms with E-state index in [-0.39, 0.29) is 11.9 Å². The maximum absolute atomic E-state index is 11.4. The number of nitrogen functional groups attached to an aromatic ring is 1. The van der Waals surface area contributed by atoms with Crippen molar-refractivity contribution >= 4 is 28.2 Å². The molecule has 5 nitrogen and oxygen atoms in total. The van der Waals surface area contributed by atoms with E-state index in [9.17, 15) is 9.59 Å². The van der Waals surface area contributed by atoms with Crippen molar-refractivity contribution in [1.82, 2.24) is 4.90 Å². The molecule has 0 spiro atoms. The number of anilines is 1. The molecule has 0 radical (unpaired) electrons. The van der Waals surface area contributed by atoms with Gasteiger partial charge in [-0.2, -0.15) is 0 Å². The second-order valence-electron chi connectivity index (χ2n) is 4.84. The van der Waals surface area contributed by atoms with Gasteiger partial charge >= 0.3 is 5.97 Å². The van der Waals surface area contributed by atoms with E-state index in [1.165, 1.54) is 16.9 Å². The second-order valence-corrected chi connectivity index (χ2v) is 5.98. The first-order valence-electron chi connectivity index (χ1n) is 6.83. The number of hydrogen-bond donors (Lipinski definition) is 1. The molecule has 0 aliphatic carbocycles. The van der Waals surface area contributed by atoms with Gasteiger partial charge in [0.05, 0.1) is 18.2 Å². The number of esters is 1. The topological polar surface area (TPSA) is 72.6 Å². The van der Waals surface area contributed by atoms with Crippen molar-refractivity contribution in [1.29, 1.82) is 0 Å². The van der Waals surface area contributed by atoms with Gasteiger partial charge in [0.15, 0.2) is 0 Å². The zero-order chi connectivity index (χ0) is 14.7. The fourth-order valence-electron chi connectivity index (χ4n) is 2.49. The highest BCUT2D eigenvalue weighted by Crippen LogP contribution is 2.35. The third-order valence-corrected chi connectivity index (χ3v) is 4.62. The molecular formula is C14H20N2O3S. The number of hydrogen-bond acceptors (Lipinski definition) is 5. The van der Waals surface area contributed by atoms with Gasteiger partial charge in [-0.1, -0.05) is 0 Å². The Morgan fingerprint density at radius 2 is 2.20 bits per heavy atom. The number of amides is 1. The maximum atomic E-state index is 11.4. The van der Waals surface area contributed by atoms with Crippen LogP contribution in [0.2, 0.25) is 0 Å². The van der Waals surface area contributed by atoms with E-state index in [4.69, 9.17) is 10.5 Å². The molecule has 0 atom stereocenters. The summed E-state index contributed by atoms with van der Waals surface area (Å²) >= 11 is 1.53. The standard InChI is InChI=1S/C14H20N2O3S/c1-3-19-13(18)5-4-11-10-6-7-16(9(2)17)8-12(10)20-14(11)15/h3-8,15H2,1-2H3. The molecule has 0 saturated heterocycles. The Hall–Kier alpha value is -1.56. The lowest BCUT2D eigenvalue weighted by molar-refractivity contribution is -0.143. The molecule has 20 heavy (non-hydrogen) atoms. The highest BCUT2D eigenvalue weighted by molar-refractivity contribution is 7.16. The summed E-state index contributed by atoms with van der Waals surface area (Å²) in [4.78, 5) is 25.9. The Kier molecular flexibility index (Phi) is 4.65. The lowest BCUT2D eigenvalue weighted by Crippen LogP contribution is -2.33. The predicted octanol–water partition coefficient (Wildman–Crippen LogP) is 1.73. The van der Waals surface area contributed by atoms with E-state index >= 15 is 0 Å². The molecular weight excluding hydrogens is 276 g/mol. The van der Waals surface area contributed by atoms with Gasteiger partial charge in [-0.25, -0.2) is 0 Å². The van der Waals surface area contributed by atoms with E-state index in [0.29, 0.717) is 26.0 Å². The first kappa shape index (κ1) is 14.8. The number of ether oxygens (including phenoxy) is 1. The van der Waals surface area contributed by atoms with Crippen LogP contribution in [0.1, 0.15) is 36.3 Å². The fraction of sp³-hybridized carbons (Fsp3) is 0.571. The summed E-state index contributed by atoms with van der Waals surface area (Å²) in [5, 5.41) is 0.768. The molecule has 0 aromatic carbocycles. The largest absolute Gasteiger partial charge is 0.466 e. The van der Waals surface area contributed by atoms with Gasteiger partial charge in [0.25, 0.3) is 0 Å². The van der Waals surface area contributed by atoms with Gasteiger partial charge in [-0.15, -0.1) is 11.3 Å². The number of thiophene rings is 1. The SMILES string of the molecule is CCOC(=O)CCc1c(N)sc2c1CCN(C(C)=O)C2. The van der Waals surface area contributed by atoms with Gasteiger partial charge in [0, 0.05) is 24.8 Å². The summed E-state index contributed by atoms with van der Waals surface area (Å²) in [5.74, 6) is -0.0938. The number of carbonyl (C=O) groups excluding carboxylic acids is 2. The summed E-state index contributed by atoms with van der Waals surface area (Å²) < 4.78 is 4.94. The summed E-state index contributed by atoms with van der Waals surface area (Å²) in [6.07, 6.45) is 1.80. The third kappa shape index (κ3) is 3.12. The number of carbonyl (C=O) groups is 2. The van der Waals surface area contributed by atoms with Crippen molar-refractivity contribution in [2.45, 2.75) is 39.7 Å². The molecule has 2 rings (SSSR count). The van der Waals surface area contributed by atoms with E-state index in [1.807, 2.05) is 4.90 Å². The lowest BCUT2D eigenvalue weighted by atomic mass is 9.99. The van der Waals surface area contributed by atoms with Gasteiger partial charge in [0.1, 0.15) is 0 Å². The van der Waals surface area contributed by atoms with Crippen LogP contribution in [0, 0.1) is 0 Å². The summed E-state index contributed by atoms with van der Waals surface area (Å²) in [7, 11) is 0. The van der Waals surface area contributed by atoms with Crippen LogP contribution in [0.5, 0.6) is 0 Å². The first-order valence-corrected chi connectivity index (χ1v) is 7.64. The minimum atomic E-state index is -0.187.